The Hall–Kier alpha value is -2.92. The lowest BCUT2D eigenvalue weighted by Crippen LogP contribution is -2.37. The van der Waals surface area contributed by atoms with Crippen molar-refractivity contribution in [3.8, 4) is 0 Å². The van der Waals surface area contributed by atoms with E-state index >= 15 is 0 Å². The summed E-state index contributed by atoms with van der Waals surface area (Å²) in [7, 11) is -3.71. The molecule has 1 aliphatic heterocycles. The number of rotatable bonds is 5. The molecule has 2 aromatic rings. The fourth-order valence-electron chi connectivity index (χ4n) is 3.52. The van der Waals surface area contributed by atoms with Gasteiger partial charge in [-0.05, 0) is 61.2 Å². The molecule has 0 bridgehead atoms. The van der Waals surface area contributed by atoms with Crippen LogP contribution >= 0.6 is 0 Å². The molecule has 0 unspecified atom stereocenters. The maximum atomic E-state index is 13.5. The summed E-state index contributed by atoms with van der Waals surface area (Å²) in [4.78, 5) is 23.7. The number of hydrogen-bond donors (Lipinski definition) is 2. The Morgan fingerprint density at radius 2 is 1.61 bits per heavy atom. The average Bonchev–Trinajstić information content (AvgIpc) is 2.74. The number of benzene rings is 2. The van der Waals surface area contributed by atoms with Gasteiger partial charge in [-0.15, -0.1) is 0 Å². The van der Waals surface area contributed by atoms with Crippen LogP contribution in [0.4, 0.5) is 24.5 Å². The number of amides is 2. The molecule has 3 rings (SSSR count). The smallest absolute Gasteiger partial charge is 0.326 e. The van der Waals surface area contributed by atoms with Gasteiger partial charge in [0.25, 0.3) is 5.91 Å². The fourth-order valence-corrected chi connectivity index (χ4v) is 4.99. The lowest BCUT2D eigenvalue weighted by Gasteiger charge is -2.29. The SMILES string of the molecule is CC(=O)Nc1ccc(NC(=O)c2ccc(S(=O)(=O)N3CCC(C)CC3)cc2)c(C(F)(F)F)c1. The Balaban J connectivity index is 1.79. The van der Waals surface area contributed by atoms with Gasteiger partial charge in [0.1, 0.15) is 0 Å². The molecule has 1 saturated heterocycles. The number of hydrogen-bond acceptors (Lipinski definition) is 4. The molecule has 1 aliphatic rings. The van der Waals surface area contributed by atoms with E-state index in [0.717, 1.165) is 25.0 Å². The Labute approximate surface area is 190 Å². The van der Waals surface area contributed by atoms with Crippen molar-refractivity contribution >= 4 is 33.2 Å². The molecular weight excluding hydrogens is 459 g/mol. The first-order chi connectivity index (χ1) is 15.4. The highest BCUT2D eigenvalue weighted by molar-refractivity contribution is 7.89. The topological polar surface area (TPSA) is 95.6 Å². The average molecular weight is 484 g/mol. The van der Waals surface area contributed by atoms with Crippen molar-refractivity contribution in [2.45, 2.75) is 37.8 Å². The van der Waals surface area contributed by atoms with Gasteiger partial charge in [-0.25, -0.2) is 8.42 Å². The van der Waals surface area contributed by atoms with Crippen LogP contribution in [0.1, 0.15) is 42.6 Å². The highest BCUT2D eigenvalue weighted by Gasteiger charge is 2.34. The van der Waals surface area contributed by atoms with E-state index in [1.54, 1.807) is 0 Å². The molecule has 0 aromatic heterocycles. The van der Waals surface area contributed by atoms with Crippen molar-refractivity contribution < 1.29 is 31.2 Å². The minimum absolute atomic E-state index is 0.000258. The van der Waals surface area contributed by atoms with E-state index in [1.807, 2.05) is 0 Å². The van der Waals surface area contributed by atoms with Gasteiger partial charge in [0.2, 0.25) is 15.9 Å². The molecule has 1 heterocycles. The standard InChI is InChI=1S/C22H24F3N3O4S/c1-14-9-11-28(12-10-14)33(31,32)18-6-3-16(4-7-18)21(30)27-20-8-5-17(26-15(2)29)13-19(20)22(23,24)25/h3-8,13-14H,9-12H2,1-2H3,(H,26,29)(H,27,30). The monoisotopic (exact) mass is 483 g/mol. The normalized spacial score (nSPS) is 15.8. The second-order valence-electron chi connectivity index (χ2n) is 8.00. The number of carbonyl (C=O) groups is 2. The first kappa shape index (κ1) is 24.7. The number of carbonyl (C=O) groups excluding carboxylic acids is 2. The maximum absolute atomic E-state index is 13.5. The van der Waals surface area contributed by atoms with Crippen molar-refractivity contribution in [2.24, 2.45) is 5.92 Å². The molecule has 0 saturated carbocycles. The van der Waals surface area contributed by atoms with E-state index in [1.165, 1.54) is 41.6 Å². The number of sulfonamides is 1. The number of halogens is 3. The predicted molar refractivity (Wildman–Crippen MR) is 117 cm³/mol. The molecule has 2 aromatic carbocycles. The Bertz CT molecular complexity index is 1140. The Morgan fingerprint density at radius 1 is 1.00 bits per heavy atom. The maximum Gasteiger partial charge on any atom is 0.418 e. The molecule has 11 heteroatoms. The van der Waals surface area contributed by atoms with Crippen molar-refractivity contribution in [1.29, 1.82) is 0 Å². The van der Waals surface area contributed by atoms with Crippen LogP contribution in [-0.4, -0.2) is 37.6 Å². The third kappa shape index (κ3) is 5.91. The van der Waals surface area contributed by atoms with E-state index in [-0.39, 0.29) is 16.1 Å². The van der Waals surface area contributed by atoms with Gasteiger partial charge in [-0.3, -0.25) is 9.59 Å². The minimum Gasteiger partial charge on any atom is -0.326 e. The number of nitrogens with one attached hydrogen (secondary N) is 2. The quantitative estimate of drug-likeness (QED) is 0.662. The second kappa shape index (κ2) is 9.52. The van der Waals surface area contributed by atoms with Crippen LogP contribution in [0.15, 0.2) is 47.4 Å². The highest BCUT2D eigenvalue weighted by atomic mass is 32.2. The summed E-state index contributed by atoms with van der Waals surface area (Å²) >= 11 is 0. The summed E-state index contributed by atoms with van der Waals surface area (Å²) in [5.41, 5.74) is -1.67. The molecule has 0 radical (unpaired) electrons. The second-order valence-corrected chi connectivity index (χ2v) is 9.94. The van der Waals surface area contributed by atoms with Crippen LogP contribution in [0.3, 0.4) is 0 Å². The molecule has 0 spiro atoms. The third-order valence-corrected chi connectivity index (χ3v) is 7.30. The fraction of sp³-hybridized carbons (Fsp3) is 0.364. The van der Waals surface area contributed by atoms with Crippen LogP contribution in [0.25, 0.3) is 0 Å². The molecular formula is C22H24F3N3O4S. The Kier molecular flexibility index (Phi) is 7.13. The van der Waals surface area contributed by atoms with Gasteiger partial charge in [0, 0.05) is 31.3 Å². The van der Waals surface area contributed by atoms with Gasteiger partial charge < -0.3 is 10.6 Å². The number of anilines is 2. The summed E-state index contributed by atoms with van der Waals surface area (Å²) in [5.74, 6) is -0.908. The van der Waals surface area contributed by atoms with Crippen molar-refractivity contribution in [2.75, 3.05) is 23.7 Å². The van der Waals surface area contributed by atoms with Gasteiger partial charge >= 0.3 is 6.18 Å². The molecule has 7 nitrogen and oxygen atoms in total. The summed E-state index contributed by atoms with van der Waals surface area (Å²) in [6.45, 7) is 4.06. The van der Waals surface area contributed by atoms with Crippen LogP contribution < -0.4 is 10.6 Å². The van der Waals surface area contributed by atoms with Crippen molar-refractivity contribution in [3.05, 3.63) is 53.6 Å². The largest absolute Gasteiger partial charge is 0.418 e. The highest BCUT2D eigenvalue weighted by Crippen LogP contribution is 2.37. The van der Waals surface area contributed by atoms with Crippen LogP contribution in [0.5, 0.6) is 0 Å². The summed E-state index contributed by atoms with van der Waals surface area (Å²) in [5, 5.41) is 4.48. The molecule has 1 fully saturated rings. The molecule has 178 valence electrons. The van der Waals surface area contributed by atoms with Crippen LogP contribution in [-0.2, 0) is 21.0 Å². The van der Waals surface area contributed by atoms with E-state index in [2.05, 4.69) is 17.6 Å². The predicted octanol–water partition coefficient (Wildman–Crippen LogP) is 4.34. The summed E-state index contributed by atoms with van der Waals surface area (Å²) < 4.78 is 67.4. The van der Waals surface area contributed by atoms with Crippen molar-refractivity contribution in [1.82, 2.24) is 4.31 Å². The van der Waals surface area contributed by atoms with Crippen LogP contribution in [0, 0.1) is 5.92 Å². The minimum atomic E-state index is -4.78. The zero-order chi connectivity index (χ0) is 24.4. The summed E-state index contributed by atoms with van der Waals surface area (Å²) in [6.07, 6.45) is -3.25. The number of piperidine rings is 1. The first-order valence-corrected chi connectivity index (χ1v) is 11.7. The molecule has 0 aliphatic carbocycles. The third-order valence-electron chi connectivity index (χ3n) is 5.39. The zero-order valence-corrected chi connectivity index (χ0v) is 18.9. The van der Waals surface area contributed by atoms with Gasteiger partial charge in [-0.2, -0.15) is 17.5 Å². The van der Waals surface area contributed by atoms with E-state index < -0.39 is 39.3 Å². The van der Waals surface area contributed by atoms with Crippen LogP contribution in [0.2, 0.25) is 0 Å². The summed E-state index contributed by atoms with van der Waals surface area (Å²) in [6, 6.07) is 8.07. The lowest BCUT2D eigenvalue weighted by atomic mass is 10.0. The Morgan fingerprint density at radius 3 is 2.15 bits per heavy atom. The van der Waals surface area contributed by atoms with E-state index in [0.29, 0.717) is 19.0 Å². The zero-order valence-electron chi connectivity index (χ0n) is 18.1. The van der Waals surface area contributed by atoms with E-state index in [4.69, 9.17) is 0 Å². The lowest BCUT2D eigenvalue weighted by molar-refractivity contribution is -0.137. The first-order valence-electron chi connectivity index (χ1n) is 10.3. The molecule has 2 N–H and O–H groups in total. The van der Waals surface area contributed by atoms with Gasteiger partial charge in [-0.1, -0.05) is 6.92 Å². The molecule has 33 heavy (non-hydrogen) atoms. The van der Waals surface area contributed by atoms with Gasteiger partial charge in [0.15, 0.2) is 0 Å². The number of nitrogens with zero attached hydrogens (tertiary/aromatic N) is 1. The van der Waals surface area contributed by atoms with E-state index in [9.17, 15) is 31.2 Å². The van der Waals surface area contributed by atoms with Crippen molar-refractivity contribution in [3.63, 3.8) is 0 Å². The number of alkyl halides is 3. The van der Waals surface area contributed by atoms with Gasteiger partial charge in [0.05, 0.1) is 16.1 Å². The molecule has 0 atom stereocenters. The molecule has 2 amide bonds.